The van der Waals surface area contributed by atoms with E-state index in [0.29, 0.717) is 0 Å². The zero-order valence-electron chi connectivity index (χ0n) is 9.15. The van der Waals surface area contributed by atoms with Crippen LogP contribution in [0.15, 0.2) is 24.3 Å². The number of hydrogen-bond acceptors (Lipinski definition) is 3. The van der Waals surface area contributed by atoms with Gasteiger partial charge in [-0.3, -0.25) is 4.90 Å². The molecular formula is C11H10F3NO3. The molecule has 1 aliphatic heterocycles. The minimum absolute atomic E-state index is 0.0361. The third kappa shape index (κ3) is 2.26. The molecule has 1 fully saturated rings. The minimum Gasteiger partial charge on any atom is -0.447 e. The summed E-state index contributed by atoms with van der Waals surface area (Å²) >= 11 is 0. The Hall–Kier alpha value is -1.76. The molecule has 0 spiro atoms. The Morgan fingerprint density at radius 3 is 2.78 bits per heavy atom. The minimum atomic E-state index is -4.48. The molecule has 1 heterocycles. The van der Waals surface area contributed by atoms with Crippen molar-refractivity contribution in [3.63, 3.8) is 0 Å². The van der Waals surface area contributed by atoms with Crippen molar-refractivity contribution in [1.29, 1.82) is 0 Å². The number of anilines is 1. The summed E-state index contributed by atoms with van der Waals surface area (Å²) in [5.41, 5.74) is -0.789. The third-order valence-electron chi connectivity index (χ3n) is 2.62. The Kier molecular flexibility index (Phi) is 3.16. The summed E-state index contributed by atoms with van der Waals surface area (Å²) in [5, 5.41) is 9.05. The average Bonchev–Trinajstić information content (AvgIpc) is 2.69. The van der Waals surface area contributed by atoms with Crippen LogP contribution in [0.2, 0.25) is 0 Å². The van der Waals surface area contributed by atoms with Gasteiger partial charge in [0.2, 0.25) is 0 Å². The second-order valence-electron chi connectivity index (χ2n) is 3.83. The Labute approximate surface area is 101 Å². The molecule has 1 amide bonds. The number of cyclic esters (lactones) is 1. The van der Waals surface area contributed by atoms with Crippen molar-refractivity contribution in [2.75, 3.05) is 18.1 Å². The Morgan fingerprint density at radius 2 is 2.17 bits per heavy atom. The fourth-order valence-corrected chi connectivity index (χ4v) is 1.74. The quantitative estimate of drug-likeness (QED) is 0.886. The van der Waals surface area contributed by atoms with E-state index < -0.39 is 23.9 Å². The molecule has 98 valence electrons. The van der Waals surface area contributed by atoms with E-state index in [0.717, 1.165) is 17.0 Å². The molecule has 1 aromatic rings. The molecule has 2 rings (SSSR count). The van der Waals surface area contributed by atoms with Crippen LogP contribution in [-0.2, 0) is 10.9 Å². The standard InChI is InChI=1S/C11H10F3NO3/c12-11(13,14)7-2-1-3-8(4-7)15-9(5-16)6-18-10(15)17/h1-4,9,16H,5-6H2. The largest absolute Gasteiger partial charge is 0.447 e. The summed E-state index contributed by atoms with van der Waals surface area (Å²) in [6.45, 7) is -0.409. The van der Waals surface area contributed by atoms with Crippen molar-refractivity contribution in [2.24, 2.45) is 0 Å². The fourth-order valence-electron chi connectivity index (χ4n) is 1.74. The van der Waals surface area contributed by atoms with Gasteiger partial charge in [-0.25, -0.2) is 4.79 Å². The van der Waals surface area contributed by atoms with Crippen LogP contribution in [0.4, 0.5) is 23.7 Å². The molecule has 4 nitrogen and oxygen atoms in total. The summed E-state index contributed by atoms with van der Waals surface area (Å²) in [6.07, 6.45) is -5.23. The highest BCUT2D eigenvalue weighted by molar-refractivity contribution is 5.90. The van der Waals surface area contributed by atoms with Gasteiger partial charge < -0.3 is 9.84 Å². The van der Waals surface area contributed by atoms with Crippen LogP contribution in [-0.4, -0.2) is 30.5 Å². The maximum Gasteiger partial charge on any atom is 0.416 e. The number of nitrogens with zero attached hydrogens (tertiary/aromatic N) is 1. The fraction of sp³-hybridized carbons (Fsp3) is 0.364. The molecule has 0 bridgehead atoms. The lowest BCUT2D eigenvalue weighted by atomic mass is 10.1. The molecule has 1 saturated heterocycles. The zero-order valence-corrected chi connectivity index (χ0v) is 9.15. The Morgan fingerprint density at radius 1 is 1.44 bits per heavy atom. The summed E-state index contributed by atoms with van der Waals surface area (Å²) < 4.78 is 42.3. The van der Waals surface area contributed by atoms with E-state index >= 15 is 0 Å². The van der Waals surface area contributed by atoms with Crippen molar-refractivity contribution in [2.45, 2.75) is 12.2 Å². The SMILES string of the molecule is O=C1OCC(CO)N1c1cccc(C(F)(F)F)c1. The van der Waals surface area contributed by atoms with Gasteiger partial charge in [-0.15, -0.1) is 0 Å². The van der Waals surface area contributed by atoms with E-state index in [9.17, 15) is 18.0 Å². The molecule has 1 unspecified atom stereocenters. The molecule has 0 saturated carbocycles. The number of amides is 1. The van der Waals surface area contributed by atoms with Crippen LogP contribution in [0.1, 0.15) is 5.56 Å². The maximum absolute atomic E-state index is 12.5. The van der Waals surface area contributed by atoms with E-state index in [4.69, 9.17) is 9.84 Å². The summed E-state index contributed by atoms with van der Waals surface area (Å²) in [7, 11) is 0. The lowest BCUT2D eigenvalue weighted by molar-refractivity contribution is -0.137. The maximum atomic E-state index is 12.5. The van der Waals surface area contributed by atoms with Crippen molar-refractivity contribution in [3.05, 3.63) is 29.8 Å². The number of carbonyl (C=O) groups excluding carboxylic acids is 1. The van der Waals surface area contributed by atoms with Crippen molar-refractivity contribution in [1.82, 2.24) is 0 Å². The molecule has 0 aliphatic carbocycles. The van der Waals surface area contributed by atoms with E-state index in [2.05, 4.69) is 0 Å². The molecule has 0 radical (unpaired) electrons. The highest BCUT2D eigenvalue weighted by Crippen LogP contribution is 2.33. The Balaban J connectivity index is 2.36. The van der Waals surface area contributed by atoms with Crippen LogP contribution < -0.4 is 4.90 Å². The van der Waals surface area contributed by atoms with E-state index in [1.54, 1.807) is 0 Å². The molecular weight excluding hydrogens is 251 g/mol. The predicted octanol–water partition coefficient (Wildman–Crippen LogP) is 2.02. The van der Waals surface area contributed by atoms with Crippen molar-refractivity contribution in [3.8, 4) is 0 Å². The van der Waals surface area contributed by atoms with Crippen LogP contribution in [0, 0.1) is 0 Å². The highest BCUT2D eigenvalue weighted by Gasteiger charge is 2.36. The smallest absolute Gasteiger partial charge is 0.416 e. The van der Waals surface area contributed by atoms with Gasteiger partial charge in [-0.1, -0.05) is 6.07 Å². The van der Waals surface area contributed by atoms with Gasteiger partial charge in [0.05, 0.1) is 18.2 Å². The Bertz CT molecular complexity index is 461. The molecule has 1 aliphatic rings. The van der Waals surface area contributed by atoms with Gasteiger partial charge >= 0.3 is 12.3 Å². The number of hydrogen-bond donors (Lipinski definition) is 1. The first-order valence-corrected chi connectivity index (χ1v) is 5.17. The number of alkyl halides is 3. The van der Waals surface area contributed by atoms with Gasteiger partial charge in [-0.05, 0) is 18.2 Å². The van der Waals surface area contributed by atoms with Gasteiger partial charge in [-0.2, -0.15) is 13.2 Å². The van der Waals surface area contributed by atoms with Gasteiger partial charge in [0.15, 0.2) is 0 Å². The highest BCUT2D eigenvalue weighted by atomic mass is 19.4. The second-order valence-corrected chi connectivity index (χ2v) is 3.83. The van der Waals surface area contributed by atoms with E-state index in [-0.39, 0.29) is 18.9 Å². The lowest BCUT2D eigenvalue weighted by Crippen LogP contribution is -2.36. The van der Waals surface area contributed by atoms with Crippen LogP contribution in [0.25, 0.3) is 0 Å². The number of rotatable bonds is 2. The van der Waals surface area contributed by atoms with Gasteiger partial charge in [0.1, 0.15) is 6.61 Å². The molecule has 18 heavy (non-hydrogen) atoms. The normalized spacial score (nSPS) is 20.1. The topological polar surface area (TPSA) is 49.8 Å². The predicted molar refractivity (Wildman–Crippen MR) is 56.1 cm³/mol. The lowest BCUT2D eigenvalue weighted by Gasteiger charge is -2.20. The summed E-state index contributed by atoms with van der Waals surface area (Å²) in [6, 6.07) is 3.69. The second kappa shape index (κ2) is 4.49. The molecule has 1 aromatic carbocycles. The zero-order chi connectivity index (χ0) is 13.3. The first-order chi connectivity index (χ1) is 8.43. The number of halogens is 3. The first kappa shape index (κ1) is 12.7. The average molecular weight is 261 g/mol. The summed E-state index contributed by atoms with van der Waals surface area (Å²) in [4.78, 5) is 12.4. The van der Waals surface area contributed by atoms with Crippen molar-refractivity contribution >= 4 is 11.8 Å². The third-order valence-corrected chi connectivity index (χ3v) is 2.62. The molecule has 0 aromatic heterocycles. The number of benzene rings is 1. The number of carbonyl (C=O) groups is 1. The number of aliphatic hydroxyl groups excluding tert-OH is 1. The van der Waals surface area contributed by atoms with Crippen molar-refractivity contribution < 1.29 is 27.8 Å². The molecule has 1 atom stereocenters. The number of ether oxygens (including phenoxy) is 1. The molecule has 7 heteroatoms. The number of aliphatic hydroxyl groups is 1. The van der Waals surface area contributed by atoms with E-state index in [1.807, 2.05) is 0 Å². The van der Waals surface area contributed by atoms with Crippen LogP contribution in [0.3, 0.4) is 0 Å². The van der Waals surface area contributed by atoms with Crippen LogP contribution in [0.5, 0.6) is 0 Å². The summed E-state index contributed by atoms with van der Waals surface area (Å²) in [5.74, 6) is 0. The first-order valence-electron chi connectivity index (χ1n) is 5.17. The van der Waals surface area contributed by atoms with Gasteiger partial charge in [0, 0.05) is 5.69 Å². The van der Waals surface area contributed by atoms with Crippen LogP contribution >= 0.6 is 0 Å². The van der Waals surface area contributed by atoms with Gasteiger partial charge in [0.25, 0.3) is 0 Å². The monoisotopic (exact) mass is 261 g/mol. The molecule has 1 N–H and O–H groups in total. The van der Waals surface area contributed by atoms with E-state index in [1.165, 1.54) is 12.1 Å².